The molecule has 8 heteroatoms. The minimum absolute atomic E-state index is 0.761. The first-order valence-corrected chi connectivity index (χ1v) is 4.63. The molecule has 0 spiro atoms. The van der Waals surface area contributed by atoms with Crippen LogP contribution >= 0.6 is 0 Å². The number of aliphatic hydroxyl groups is 1. The molecule has 0 radical (unpaired) electrons. The van der Waals surface area contributed by atoms with Crippen molar-refractivity contribution in [1.82, 2.24) is 5.32 Å². The quantitative estimate of drug-likeness (QED) is 0.695. The molecule has 2 atom stereocenters. The van der Waals surface area contributed by atoms with Gasteiger partial charge in [0.1, 0.15) is 6.23 Å². The number of methoxy groups -OCH3 is 2. The Balaban J connectivity index is 3.16. The Bertz CT molecular complexity index is 342. The van der Waals surface area contributed by atoms with E-state index in [1.807, 2.05) is 0 Å². The molecule has 2 unspecified atom stereocenters. The summed E-state index contributed by atoms with van der Waals surface area (Å²) in [6.45, 7) is 0. The molecule has 1 rings (SSSR count). The van der Waals surface area contributed by atoms with E-state index in [1.165, 1.54) is 7.11 Å². The van der Waals surface area contributed by atoms with Gasteiger partial charge in [-0.05, 0) is 0 Å². The second-order valence-electron chi connectivity index (χ2n) is 3.50. The number of esters is 1. The fourth-order valence-electron chi connectivity index (χ4n) is 1.49. The topological polar surface area (TPSA) is 67.8 Å². The number of nitrogens with one attached hydrogen (secondary N) is 1. The van der Waals surface area contributed by atoms with Gasteiger partial charge >= 0.3 is 12.1 Å². The van der Waals surface area contributed by atoms with Crippen molar-refractivity contribution in [3.63, 3.8) is 0 Å². The lowest BCUT2D eigenvalue weighted by molar-refractivity contribution is -0.257. The zero-order valence-corrected chi connectivity index (χ0v) is 9.17. The molecule has 0 aromatic carbocycles. The molecule has 17 heavy (non-hydrogen) atoms. The average molecular weight is 255 g/mol. The van der Waals surface area contributed by atoms with Gasteiger partial charge in [-0.2, -0.15) is 13.2 Å². The number of alkyl halides is 3. The summed E-state index contributed by atoms with van der Waals surface area (Å²) >= 11 is 0. The molecular formula is C9H12F3NO4. The van der Waals surface area contributed by atoms with Crippen LogP contribution in [-0.4, -0.2) is 43.3 Å². The molecule has 0 fully saturated rings. The highest BCUT2D eigenvalue weighted by Crippen LogP contribution is 2.41. The molecule has 2 N–H and O–H groups in total. The second-order valence-corrected chi connectivity index (χ2v) is 3.50. The molecule has 0 bridgehead atoms. The summed E-state index contributed by atoms with van der Waals surface area (Å²) in [5.74, 6) is -1.24. The number of ether oxygens (including phenoxy) is 2. The van der Waals surface area contributed by atoms with Gasteiger partial charge in [-0.15, -0.1) is 0 Å². The van der Waals surface area contributed by atoms with Gasteiger partial charge < -0.3 is 19.9 Å². The summed E-state index contributed by atoms with van der Waals surface area (Å²) in [6.07, 6.45) is -6.09. The second kappa shape index (κ2) is 4.53. The monoisotopic (exact) mass is 255 g/mol. The molecule has 0 amide bonds. The van der Waals surface area contributed by atoms with Gasteiger partial charge in [0.2, 0.25) is 0 Å². The van der Waals surface area contributed by atoms with Crippen molar-refractivity contribution in [3.05, 3.63) is 11.8 Å². The molecule has 5 nitrogen and oxygen atoms in total. The van der Waals surface area contributed by atoms with Gasteiger partial charge in [0.25, 0.3) is 0 Å². The maximum atomic E-state index is 12.8. The van der Waals surface area contributed by atoms with E-state index in [0.29, 0.717) is 0 Å². The van der Waals surface area contributed by atoms with Crippen LogP contribution in [0.2, 0.25) is 0 Å². The van der Waals surface area contributed by atoms with Gasteiger partial charge in [-0.3, -0.25) is 0 Å². The van der Waals surface area contributed by atoms with E-state index in [2.05, 4.69) is 14.8 Å². The van der Waals surface area contributed by atoms with Crippen molar-refractivity contribution >= 4 is 5.97 Å². The number of hydrogen-bond acceptors (Lipinski definition) is 5. The lowest BCUT2D eigenvalue weighted by Crippen LogP contribution is -2.56. The Morgan fingerprint density at radius 1 is 1.59 bits per heavy atom. The minimum Gasteiger partial charge on any atom is -0.466 e. The molecule has 0 aliphatic carbocycles. The standard InChI is InChI=1S/C9H12F3NO4/c1-16-6-3-8(15,9(10,11)12)5(4-13-6)7(14)17-2/h4,6,13,15H,3H2,1-2H3. The number of halogens is 3. The van der Waals surface area contributed by atoms with E-state index in [4.69, 9.17) is 0 Å². The lowest BCUT2D eigenvalue weighted by Gasteiger charge is -2.37. The van der Waals surface area contributed by atoms with Gasteiger partial charge in [-0.25, -0.2) is 4.79 Å². The molecular weight excluding hydrogens is 243 g/mol. The molecule has 0 saturated heterocycles. The van der Waals surface area contributed by atoms with Crippen LogP contribution in [0, 0.1) is 0 Å². The fraction of sp³-hybridized carbons (Fsp3) is 0.667. The Morgan fingerprint density at radius 2 is 2.18 bits per heavy atom. The average Bonchev–Trinajstić information content (AvgIpc) is 2.26. The van der Waals surface area contributed by atoms with Crippen molar-refractivity contribution < 1.29 is 32.5 Å². The maximum Gasteiger partial charge on any atom is 0.421 e. The SMILES string of the molecule is COC(=O)C1=CNC(OC)CC1(O)C(F)(F)F. The van der Waals surface area contributed by atoms with Crippen LogP contribution in [0.1, 0.15) is 6.42 Å². The van der Waals surface area contributed by atoms with E-state index in [1.54, 1.807) is 0 Å². The van der Waals surface area contributed by atoms with Gasteiger partial charge in [-0.1, -0.05) is 0 Å². The third-order valence-corrected chi connectivity index (χ3v) is 2.50. The van der Waals surface area contributed by atoms with Crippen molar-refractivity contribution in [1.29, 1.82) is 0 Å². The summed E-state index contributed by atoms with van der Waals surface area (Å²) in [5, 5.41) is 12.1. The van der Waals surface area contributed by atoms with Crippen LogP contribution in [0.25, 0.3) is 0 Å². The van der Waals surface area contributed by atoms with Crippen molar-refractivity contribution in [2.24, 2.45) is 0 Å². The number of hydrogen-bond donors (Lipinski definition) is 2. The summed E-state index contributed by atoms with van der Waals surface area (Å²) in [4.78, 5) is 11.2. The molecule has 1 aliphatic rings. The molecule has 1 aliphatic heterocycles. The predicted octanol–water partition coefficient (Wildman–Crippen LogP) is 0.302. The third-order valence-electron chi connectivity index (χ3n) is 2.50. The lowest BCUT2D eigenvalue weighted by atomic mass is 9.87. The highest BCUT2D eigenvalue weighted by atomic mass is 19.4. The van der Waals surface area contributed by atoms with Crippen LogP contribution in [-0.2, 0) is 14.3 Å². The Labute approximate surface area is 95.2 Å². The summed E-state index contributed by atoms with van der Waals surface area (Å²) in [7, 11) is 2.12. The molecule has 0 aromatic heterocycles. The van der Waals surface area contributed by atoms with Gasteiger partial charge in [0, 0.05) is 19.7 Å². The molecule has 0 aromatic rings. The van der Waals surface area contributed by atoms with Crippen molar-refractivity contribution in [2.75, 3.05) is 14.2 Å². The smallest absolute Gasteiger partial charge is 0.421 e. The third kappa shape index (κ3) is 2.37. The first kappa shape index (κ1) is 13.8. The zero-order valence-electron chi connectivity index (χ0n) is 9.17. The Morgan fingerprint density at radius 3 is 2.59 bits per heavy atom. The van der Waals surface area contributed by atoms with Crippen LogP contribution in [0.4, 0.5) is 13.2 Å². The summed E-state index contributed by atoms with van der Waals surface area (Å²) in [5.41, 5.74) is -4.16. The van der Waals surface area contributed by atoms with Crippen molar-refractivity contribution in [2.45, 2.75) is 24.4 Å². The van der Waals surface area contributed by atoms with E-state index in [-0.39, 0.29) is 0 Å². The van der Waals surface area contributed by atoms with Crippen molar-refractivity contribution in [3.8, 4) is 0 Å². The fourth-order valence-corrected chi connectivity index (χ4v) is 1.49. The van der Waals surface area contributed by atoms with Crippen LogP contribution in [0.15, 0.2) is 11.8 Å². The molecule has 0 saturated carbocycles. The number of rotatable bonds is 2. The normalized spacial score (nSPS) is 29.3. The van der Waals surface area contributed by atoms with E-state index < -0.39 is 36.0 Å². The van der Waals surface area contributed by atoms with Crippen LogP contribution in [0.5, 0.6) is 0 Å². The minimum atomic E-state index is -4.99. The summed E-state index contributed by atoms with van der Waals surface area (Å²) < 4.78 is 47.3. The zero-order chi connectivity index (χ0) is 13.3. The number of carbonyl (C=O) groups excluding carboxylic acids is 1. The van der Waals surface area contributed by atoms with Gasteiger partial charge in [0.05, 0.1) is 12.7 Å². The van der Waals surface area contributed by atoms with E-state index in [0.717, 1.165) is 13.3 Å². The highest BCUT2D eigenvalue weighted by Gasteiger charge is 2.60. The first-order chi connectivity index (χ1) is 7.76. The predicted molar refractivity (Wildman–Crippen MR) is 49.7 cm³/mol. The largest absolute Gasteiger partial charge is 0.466 e. The van der Waals surface area contributed by atoms with E-state index in [9.17, 15) is 23.1 Å². The number of carbonyl (C=O) groups is 1. The summed E-state index contributed by atoms with van der Waals surface area (Å²) in [6, 6.07) is 0. The first-order valence-electron chi connectivity index (χ1n) is 4.63. The Hall–Kier alpha value is -1.28. The van der Waals surface area contributed by atoms with Gasteiger partial charge in [0.15, 0.2) is 5.60 Å². The highest BCUT2D eigenvalue weighted by molar-refractivity contribution is 5.91. The van der Waals surface area contributed by atoms with Crippen LogP contribution < -0.4 is 5.32 Å². The maximum absolute atomic E-state index is 12.8. The van der Waals surface area contributed by atoms with E-state index >= 15 is 0 Å². The van der Waals surface area contributed by atoms with Crippen LogP contribution in [0.3, 0.4) is 0 Å². The Kier molecular flexibility index (Phi) is 3.68. The molecule has 1 heterocycles. The molecule has 98 valence electrons.